The van der Waals surface area contributed by atoms with Gasteiger partial charge in [0, 0.05) is 13.4 Å². The molecule has 0 aromatic rings. The lowest BCUT2D eigenvalue weighted by Gasteiger charge is -1.44. The van der Waals surface area contributed by atoms with Crippen LogP contribution in [0.3, 0.4) is 0 Å². The van der Waals surface area contributed by atoms with Crippen LogP contribution in [0.5, 0.6) is 0 Å². The third kappa shape index (κ3) is 9.85. The molecule has 0 aliphatic rings. The van der Waals surface area contributed by atoms with Crippen LogP contribution in [-0.2, 0) is 0 Å². The fraction of sp³-hybridized carbons (Fsp3) is 0. The van der Waals surface area contributed by atoms with Gasteiger partial charge in [0.2, 0.25) is 0 Å². The highest BCUT2D eigenvalue weighted by Crippen LogP contribution is 1.05. The summed E-state index contributed by atoms with van der Waals surface area (Å²) < 4.78 is 0. The lowest BCUT2D eigenvalue weighted by atomic mass is 11.7. The van der Waals surface area contributed by atoms with E-state index in [1.54, 1.807) is 0 Å². The molecule has 4 heteroatoms. The Hall–Kier alpha value is -1.06. The maximum absolute atomic E-state index is 4.36. The highest BCUT2D eigenvalue weighted by Gasteiger charge is 1.03. The van der Waals surface area contributed by atoms with Crippen LogP contribution in [-0.4, -0.2) is 13.4 Å². The summed E-state index contributed by atoms with van der Waals surface area (Å²) in [5, 5.41) is 5.50. The molecule has 0 saturated carbocycles. The van der Waals surface area contributed by atoms with E-state index < -0.39 is 0 Å². The molecule has 0 spiro atoms. The Bertz CT molecular complexity index is 26.5. The average molecular weight is 88.1 g/mol. The summed E-state index contributed by atoms with van der Waals surface area (Å²) >= 11 is 0. The van der Waals surface area contributed by atoms with Gasteiger partial charge in [0.15, 0.2) is 0 Å². The van der Waals surface area contributed by atoms with Gasteiger partial charge >= 0.3 is 0 Å². The fourth-order valence-corrected chi connectivity index (χ4v) is 0. The van der Waals surface area contributed by atoms with Crippen molar-refractivity contribution < 1.29 is 0 Å². The Morgan fingerprint density at radius 2 is 1.00 bits per heavy atom. The summed E-state index contributed by atoms with van der Waals surface area (Å²) in [5.74, 6) is 8.72. The second kappa shape index (κ2) is 38.5. The number of nitrogens with zero attached hydrogens (tertiary/aromatic N) is 2. The number of hydrogen-bond acceptors (Lipinski definition) is 4. The predicted octanol–water partition coefficient (Wildman–Crippen LogP) is -0.879. The molecule has 0 rings (SSSR count). The fourth-order valence-electron chi connectivity index (χ4n) is 0. The van der Waals surface area contributed by atoms with Crippen molar-refractivity contribution in [3.05, 3.63) is 0 Å². The highest BCUT2D eigenvalue weighted by atomic mass is 15.1. The smallest absolute Gasteiger partial charge is 0.0102 e. The van der Waals surface area contributed by atoms with E-state index in [0.717, 1.165) is 0 Å². The average Bonchev–Trinajstić information content (AvgIpc) is 1.39. The molecule has 0 aromatic heterocycles. The summed E-state index contributed by atoms with van der Waals surface area (Å²) in [6, 6.07) is 0. The van der Waals surface area contributed by atoms with Gasteiger partial charge in [-0.1, -0.05) is 0 Å². The quantitative estimate of drug-likeness (QED) is 0.229. The Morgan fingerprint density at radius 3 is 1.00 bits per heavy atom. The number of hydrogen-bond donors (Lipinski definition) is 2. The predicted molar refractivity (Wildman–Crippen MR) is 27.5 cm³/mol. The Balaban J connectivity index is 0. The van der Waals surface area contributed by atoms with Gasteiger partial charge in [0.25, 0.3) is 0 Å². The van der Waals surface area contributed by atoms with E-state index in [9.17, 15) is 0 Å². The van der Waals surface area contributed by atoms with E-state index in [-0.39, 0.29) is 0 Å². The van der Waals surface area contributed by atoms with Gasteiger partial charge in [0.05, 0.1) is 0 Å². The maximum Gasteiger partial charge on any atom is 0.0102 e. The zero-order chi connectivity index (χ0) is 5.41. The van der Waals surface area contributed by atoms with Crippen molar-refractivity contribution in [2.45, 2.75) is 0 Å². The monoisotopic (exact) mass is 88.1 g/mol. The molecule has 0 unspecified atom stereocenters. The molecule has 0 atom stereocenters. The molecular formula is C2H8N4. The van der Waals surface area contributed by atoms with Crippen LogP contribution in [0.4, 0.5) is 0 Å². The maximum atomic E-state index is 4.36. The third-order valence-corrected chi connectivity index (χ3v) is 0. The lowest BCUT2D eigenvalue weighted by molar-refractivity contribution is 1.28. The van der Waals surface area contributed by atoms with Crippen molar-refractivity contribution in [1.29, 1.82) is 0 Å². The van der Waals surface area contributed by atoms with E-state index >= 15 is 0 Å². The summed E-state index contributed by atoms with van der Waals surface area (Å²) in [4.78, 5) is 0. The molecular weight excluding hydrogens is 80.1 g/mol. The highest BCUT2D eigenvalue weighted by molar-refractivity contribution is 5.21. The molecule has 0 aromatic carbocycles. The summed E-state index contributed by atoms with van der Waals surface area (Å²) in [7, 11) is 0. The number of hydrazone groups is 2. The van der Waals surface area contributed by atoms with Gasteiger partial charge in [-0.25, -0.2) is 0 Å². The van der Waals surface area contributed by atoms with Crippen LogP contribution in [0.15, 0.2) is 10.2 Å². The third-order valence-electron chi connectivity index (χ3n) is 0. The van der Waals surface area contributed by atoms with Crippen molar-refractivity contribution in [3.8, 4) is 0 Å². The van der Waals surface area contributed by atoms with Crippen molar-refractivity contribution >= 4 is 13.4 Å². The second-order valence-corrected chi connectivity index (χ2v) is 0.365. The minimum absolute atomic E-state index is 2.75. The van der Waals surface area contributed by atoms with Crippen molar-refractivity contribution in [3.63, 3.8) is 0 Å². The Labute approximate surface area is 36.5 Å². The molecule has 0 saturated heterocycles. The molecule has 0 radical (unpaired) electrons. The van der Waals surface area contributed by atoms with Crippen LogP contribution >= 0.6 is 0 Å². The van der Waals surface area contributed by atoms with Crippen LogP contribution in [0.2, 0.25) is 0 Å². The minimum atomic E-state index is 2.75. The molecule has 36 valence electrons. The summed E-state index contributed by atoms with van der Waals surface area (Å²) in [6.07, 6.45) is 0. The molecule has 0 fully saturated rings. The van der Waals surface area contributed by atoms with Crippen LogP contribution < -0.4 is 11.7 Å². The van der Waals surface area contributed by atoms with Crippen LogP contribution in [0, 0.1) is 0 Å². The van der Waals surface area contributed by atoms with Crippen molar-refractivity contribution in [1.82, 2.24) is 0 Å². The van der Waals surface area contributed by atoms with E-state index in [1.165, 1.54) is 0 Å². The Kier molecular flexibility index (Phi) is 57.0. The van der Waals surface area contributed by atoms with Gasteiger partial charge in [-0.2, -0.15) is 10.2 Å². The lowest BCUT2D eigenvalue weighted by Crippen LogP contribution is -1.68. The zero-order valence-electron chi connectivity index (χ0n) is 3.46. The standard InChI is InChI=1S/2CH4N2/c2*1-3-2/h2*1-2H2. The molecule has 4 N–H and O–H groups in total. The summed E-state index contributed by atoms with van der Waals surface area (Å²) in [5.41, 5.74) is 0. The molecule has 0 amide bonds. The first-order chi connectivity index (χ1) is 2.83. The van der Waals surface area contributed by atoms with E-state index in [2.05, 4.69) is 35.3 Å². The first-order valence-electron chi connectivity index (χ1n) is 1.15. The minimum Gasteiger partial charge on any atom is -0.324 e. The number of nitrogens with two attached hydrogens (primary N) is 2. The molecule has 6 heavy (non-hydrogen) atoms. The molecule has 0 aliphatic carbocycles. The SMILES string of the molecule is C=NN.C=NN. The second-order valence-electron chi connectivity index (χ2n) is 0.365. The molecule has 0 bridgehead atoms. The topological polar surface area (TPSA) is 76.8 Å². The molecule has 4 nitrogen and oxygen atoms in total. The van der Waals surface area contributed by atoms with E-state index in [1.807, 2.05) is 0 Å². The first-order valence-corrected chi connectivity index (χ1v) is 1.15. The van der Waals surface area contributed by atoms with E-state index in [0.29, 0.717) is 0 Å². The molecule has 0 heterocycles. The normalized spacial score (nSPS) is 4.00. The largest absolute Gasteiger partial charge is 0.324 e. The van der Waals surface area contributed by atoms with Gasteiger partial charge < -0.3 is 11.7 Å². The van der Waals surface area contributed by atoms with Crippen molar-refractivity contribution in [2.24, 2.45) is 21.9 Å². The van der Waals surface area contributed by atoms with Gasteiger partial charge in [-0.15, -0.1) is 0 Å². The van der Waals surface area contributed by atoms with Crippen molar-refractivity contribution in [2.75, 3.05) is 0 Å². The Morgan fingerprint density at radius 1 is 1.00 bits per heavy atom. The van der Waals surface area contributed by atoms with Gasteiger partial charge in [-0.3, -0.25) is 0 Å². The van der Waals surface area contributed by atoms with E-state index in [4.69, 9.17) is 0 Å². The summed E-state index contributed by atoms with van der Waals surface area (Å²) in [6.45, 7) is 5.78. The van der Waals surface area contributed by atoms with Gasteiger partial charge in [0.1, 0.15) is 0 Å². The van der Waals surface area contributed by atoms with Crippen LogP contribution in [0.1, 0.15) is 0 Å². The molecule has 0 aliphatic heterocycles. The first kappa shape index (κ1) is 8.87. The van der Waals surface area contributed by atoms with Crippen LogP contribution in [0.25, 0.3) is 0 Å². The zero-order valence-corrected chi connectivity index (χ0v) is 3.46. The van der Waals surface area contributed by atoms with Gasteiger partial charge in [-0.05, 0) is 0 Å². The number of rotatable bonds is 0.